The van der Waals surface area contributed by atoms with Gasteiger partial charge in [0, 0.05) is 6.04 Å². The molecule has 0 spiro atoms. The molecule has 0 fully saturated rings. The minimum absolute atomic E-state index is 0.224. The van der Waals surface area contributed by atoms with Gasteiger partial charge in [0.2, 0.25) is 5.28 Å². The number of rotatable bonds is 6. The normalized spacial score (nSPS) is 12.4. The summed E-state index contributed by atoms with van der Waals surface area (Å²) in [6, 6.07) is 0.396. The lowest BCUT2D eigenvalue weighted by molar-refractivity contribution is 0.591. The maximum atomic E-state index is 5.77. The Morgan fingerprint density at radius 2 is 2.25 bits per heavy atom. The summed E-state index contributed by atoms with van der Waals surface area (Å²) < 4.78 is 0. The molecule has 0 saturated heterocycles. The minimum Gasteiger partial charge on any atom is -0.394 e. The summed E-state index contributed by atoms with van der Waals surface area (Å²) in [5.74, 6) is 0.642. The molecule has 1 aromatic rings. The molecule has 0 aliphatic rings. The third-order valence-electron chi connectivity index (χ3n) is 2.53. The van der Waals surface area contributed by atoms with E-state index in [0.29, 0.717) is 17.5 Å². The summed E-state index contributed by atoms with van der Waals surface area (Å²) in [6.45, 7) is 4.33. The van der Waals surface area contributed by atoms with E-state index in [4.69, 9.17) is 17.3 Å². The molecule has 0 bridgehead atoms. The zero-order chi connectivity index (χ0) is 12.0. The number of hydrogen-bond acceptors (Lipinski definition) is 4. The van der Waals surface area contributed by atoms with Gasteiger partial charge in [-0.3, -0.25) is 0 Å². The van der Waals surface area contributed by atoms with Gasteiger partial charge in [-0.05, 0) is 24.4 Å². The highest BCUT2D eigenvalue weighted by Gasteiger charge is 2.09. The van der Waals surface area contributed by atoms with Crippen LogP contribution >= 0.6 is 11.6 Å². The molecule has 5 heteroatoms. The quantitative estimate of drug-likeness (QED) is 0.753. The van der Waals surface area contributed by atoms with Crippen LogP contribution in [0.25, 0.3) is 0 Å². The third-order valence-corrected chi connectivity index (χ3v) is 2.71. The molecule has 16 heavy (non-hydrogen) atoms. The number of anilines is 2. The van der Waals surface area contributed by atoms with Crippen molar-refractivity contribution in [2.24, 2.45) is 0 Å². The Bertz CT molecular complexity index is 330. The van der Waals surface area contributed by atoms with E-state index in [0.717, 1.165) is 12.8 Å². The third kappa shape index (κ3) is 3.85. The summed E-state index contributed by atoms with van der Waals surface area (Å²) in [4.78, 5) is 7.91. The average molecular weight is 243 g/mol. The summed E-state index contributed by atoms with van der Waals surface area (Å²) in [6.07, 6.45) is 6.09. The highest BCUT2D eigenvalue weighted by molar-refractivity contribution is 6.28. The number of nitrogens with one attached hydrogen (secondary N) is 1. The van der Waals surface area contributed by atoms with Crippen molar-refractivity contribution in [3.63, 3.8) is 0 Å². The number of nitrogens with zero attached hydrogens (tertiary/aromatic N) is 2. The summed E-state index contributed by atoms with van der Waals surface area (Å²) in [5, 5.41) is 3.54. The van der Waals surface area contributed by atoms with Crippen LogP contribution in [0.2, 0.25) is 5.28 Å². The van der Waals surface area contributed by atoms with Gasteiger partial charge in [0.25, 0.3) is 0 Å². The fourth-order valence-corrected chi connectivity index (χ4v) is 1.64. The molecule has 4 nitrogen and oxygen atoms in total. The number of aromatic nitrogens is 2. The Kier molecular flexibility index (Phi) is 5.32. The Morgan fingerprint density at radius 1 is 1.50 bits per heavy atom. The smallest absolute Gasteiger partial charge is 0.224 e. The van der Waals surface area contributed by atoms with Crippen molar-refractivity contribution in [1.29, 1.82) is 0 Å². The molecule has 1 heterocycles. The molecule has 0 aliphatic carbocycles. The largest absolute Gasteiger partial charge is 0.394 e. The van der Waals surface area contributed by atoms with Crippen LogP contribution in [0.1, 0.15) is 39.5 Å². The zero-order valence-corrected chi connectivity index (χ0v) is 10.6. The molecular weight excluding hydrogens is 224 g/mol. The summed E-state index contributed by atoms with van der Waals surface area (Å²) in [5.41, 5.74) is 6.32. The molecule has 0 aromatic carbocycles. The molecule has 0 unspecified atom stereocenters. The highest BCUT2D eigenvalue weighted by Crippen LogP contribution is 2.19. The first-order valence-corrected chi connectivity index (χ1v) is 6.09. The van der Waals surface area contributed by atoms with E-state index in [-0.39, 0.29) is 5.28 Å². The van der Waals surface area contributed by atoms with Crippen LogP contribution < -0.4 is 11.1 Å². The van der Waals surface area contributed by atoms with Gasteiger partial charge in [0.1, 0.15) is 0 Å². The van der Waals surface area contributed by atoms with Crippen LogP contribution in [-0.4, -0.2) is 16.0 Å². The van der Waals surface area contributed by atoms with E-state index >= 15 is 0 Å². The van der Waals surface area contributed by atoms with Crippen LogP contribution in [0.3, 0.4) is 0 Å². The Hall–Kier alpha value is -1.03. The first-order chi connectivity index (χ1) is 7.67. The molecule has 0 saturated carbocycles. The molecule has 0 amide bonds. The van der Waals surface area contributed by atoms with Crippen LogP contribution in [0, 0.1) is 0 Å². The lowest BCUT2D eigenvalue weighted by Gasteiger charge is -2.18. The second-order valence-corrected chi connectivity index (χ2v) is 4.17. The second kappa shape index (κ2) is 6.53. The Labute approximate surface area is 102 Å². The predicted molar refractivity (Wildman–Crippen MR) is 68.7 cm³/mol. The van der Waals surface area contributed by atoms with E-state index in [1.807, 2.05) is 0 Å². The number of hydrogen-bond donors (Lipinski definition) is 2. The van der Waals surface area contributed by atoms with Crippen molar-refractivity contribution in [2.75, 3.05) is 11.1 Å². The maximum Gasteiger partial charge on any atom is 0.224 e. The van der Waals surface area contributed by atoms with Gasteiger partial charge in [-0.15, -0.1) is 0 Å². The minimum atomic E-state index is 0.224. The van der Waals surface area contributed by atoms with Crippen LogP contribution in [0.5, 0.6) is 0 Å². The summed E-state index contributed by atoms with van der Waals surface area (Å²) >= 11 is 5.73. The topological polar surface area (TPSA) is 63.8 Å². The zero-order valence-electron chi connectivity index (χ0n) is 9.83. The van der Waals surface area contributed by atoms with Gasteiger partial charge in [-0.1, -0.05) is 26.7 Å². The van der Waals surface area contributed by atoms with Gasteiger partial charge in [0.15, 0.2) is 5.82 Å². The average Bonchev–Trinajstić information content (AvgIpc) is 2.28. The first-order valence-electron chi connectivity index (χ1n) is 5.71. The van der Waals surface area contributed by atoms with Crippen molar-refractivity contribution in [3.05, 3.63) is 11.5 Å². The standard InChI is InChI=1S/C11H19ClN4/c1-3-5-6-8(4-2)15-10-9(13)7-14-11(12)16-10/h7-8H,3-6,13H2,1-2H3,(H,14,15,16)/t8-/m0/s1. The van der Waals surface area contributed by atoms with Crippen LogP contribution in [0.15, 0.2) is 6.20 Å². The molecule has 90 valence electrons. The lowest BCUT2D eigenvalue weighted by Crippen LogP contribution is -2.20. The molecule has 1 aromatic heterocycles. The van der Waals surface area contributed by atoms with Gasteiger partial charge in [-0.25, -0.2) is 4.98 Å². The van der Waals surface area contributed by atoms with E-state index < -0.39 is 0 Å². The highest BCUT2D eigenvalue weighted by atomic mass is 35.5. The fraction of sp³-hybridized carbons (Fsp3) is 0.636. The maximum absolute atomic E-state index is 5.77. The van der Waals surface area contributed by atoms with Crippen molar-refractivity contribution in [2.45, 2.75) is 45.6 Å². The number of halogens is 1. The molecular formula is C11H19ClN4. The first kappa shape index (κ1) is 13.0. The van der Waals surface area contributed by atoms with E-state index in [1.54, 1.807) is 0 Å². The van der Waals surface area contributed by atoms with Crippen molar-refractivity contribution in [3.8, 4) is 0 Å². The Balaban J connectivity index is 2.65. The number of nitrogens with two attached hydrogens (primary N) is 1. The van der Waals surface area contributed by atoms with Crippen molar-refractivity contribution >= 4 is 23.1 Å². The van der Waals surface area contributed by atoms with Crippen molar-refractivity contribution in [1.82, 2.24) is 9.97 Å². The Morgan fingerprint density at radius 3 is 2.88 bits per heavy atom. The van der Waals surface area contributed by atoms with E-state index in [2.05, 4.69) is 29.1 Å². The van der Waals surface area contributed by atoms with Crippen molar-refractivity contribution < 1.29 is 0 Å². The molecule has 1 rings (SSSR count). The molecule has 3 N–H and O–H groups in total. The fourth-order valence-electron chi connectivity index (χ4n) is 1.51. The van der Waals surface area contributed by atoms with Crippen LogP contribution in [0.4, 0.5) is 11.5 Å². The van der Waals surface area contributed by atoms with E-state index in [9.17, 15) is 0 Å². The van der Waals surface area contributed by atoms with Crippen LogP contribution in [-0.2, 0) is 0 Å². The summed E-state index contributed by atoms with van der Waals surface area (Å²) in [7, 11) is 0. The lowest BCUT2D eigenvalue weighted by atomic mass is 10.1. The SMILES string of the molecule is CCCC[C@H](CC)Nc1nc(Cl)ncc1N. The second-order valence-electron chi connectivity index (χ2n) is 3.83. The van der Waals surface area contributed by atoms with Gasteiger partial charge < -0.3 is 11.1 Å². The molecule has 0 radical (unpaired) electrons. The van der Waals surface area contributed by atoms with Gasteiger partial charge in [-0.2, -0.15) is 4.98 Å². The molecule has 0 aliphatic heterocycles. The predicted octanol–water partition coefficient (Wildman–Crippen LogP) is 3.09. The number of unbranched alkanes of at least 4 members (excludes halogenated alkanes) is 1. The monoisotopic (exact) mass is 242 g/mol. The molecule has 1 atom stereocenters. The number of nitrogen functional groups attached to an aromatic ring is 1. The van der Waals surface area contributed by atoms with Gasteiger partial charge in [0.05, 0.1) is 11.9 Å². The van der Waals surface area contributed by atoms with Gasteiger partial charge >= 0.3 is 0 Å². The van der Waals surface area contributed by atoms with E-state index in [1.165, 1.54) is 19.0 Å².